The van der Waals surface area contributed by atoms with E-state index in [1.807, 2.05) is 6.07 Å². The van der Waals surface area contributed by atoms with E-state index in [9.17, 15) is 18.4 Å². The third-order valence-electron chi connectivity index (χ3n) is 3.22. The Morgan fingerprint density at radius 3 is 2.21 bits per heavy atom. The van der Waals surface area contributed by atoms with Crippen LogP contribution in [0.4, 0.5) is 20.2 Å². The minimum Gasteiger partial charge on any atom is -0.320 e. The van der Waals surface area contributed by atoms with E-state index in [4.69, 9.17) is 5.26 Å². The molecule has 2 aromatic rings. The van der Waals surface area contributed by atoms with Gasteiger partial charge in [-0.1, -0.05) is 6.07 Å². The SMILES string of the molecule is CC(=O)N(CC(=O)Nc1c(F)cccc1F)c1ccc(C#N)cc1. The van der Waals surface area contributed by atoms with Crippen molar-refractivity contribution in [1.29, 1.82) is 5.26 Å². The Balaban J connectivity index is 2.17. The highest BCUT2D eigenvalue weighted by molar-refractivity contribution is 6.01. The molecule has 2 aromatic carbocycles. The first kappa shape index (κ1) is 17.1. The molecule has 0 aliphatic heterocycles. The molecule has 0 aromatic heterocycles. The molecule has 5 nitrogen and oxygen atoms in total. The lowest BCUT2D eigenvalue weighted by Crippen LogP contribution is -2.37. The molecule has 0 bridgehead atoms. The zero-order chi connectivity index (χ0) is 17.7. The van der Waals surface area contributed by atoms with Gasteiger partial charge in [0, 0.05) is 12.6 Å². The number of hydrogen-bond acceptors (Lipinski definition) is 3. The van der Waals surface area contributed by atoms with Crippen molar-refractivity contribution in [3.05, 3.63) is 59.7 Å². The first-order valence-electron chi connectivity index (χ1n) is 6.94. The van der Waals surface area contributed by atoms with Crippen LogP contribution in [0.1, 0.15) is 12.5 Å². The van der Waals surface area contributed by atoms with E-state index in [2.05, 4.69) is 5.32 Å². The van der Waals surface area contributed by atoms with Crippen molar-refractivity contribution in [2.24, 2.45) is 0 Å². The molecule has 122 valence electrons. The number of halogens is 2. The second-order valence-electron chi connectivity index (χ2n) is 4.91. The van der Waals surface area contributed by atoms with E-state index in [1.165, 1.54) is 37.3 Å². The second-order valence-corrected chi connectivity index (χ2v) is 4.91. The maximum atomic E-state index is 13.5. The van der Waals surface area contributed by atoms with Gasteiger partial charge in [0.1, 0.15) is 23.9 Å². The highest BCUT2D eigenvalue weighted by Gasteiger charge is 2.18. The van der Waals surface area contributed by atoms with Gasteiger partial charge in [-0.2, -0.15) is 5.26 Å². The number of benzene rings is 2. The average Bonchev–Trinajstić information content (AvgIpc) is 2.56. The number of nitrogens with zero attached hydrogens (tertiary/aromatic N) is 2. The van der Waals surface area contributed by atoms with Crippen LogP contribution in [0.5, 0.6) is 0 Å². The summed E-state index contributed by atoms with van der Waals surface area (Å²) in [6.45, 7) is 0.837. The fourth-order valence-corrected chi connectivity index (χ4v) is 2.04. The van der Waals surface area contributed by atoms with Gasteiger partial charge in [-0.15, -0.1) is 0 Å². The van der Waals surface area contributed by atoms with Crippen molar-refractivity contribution in [3.8, 4) is 6.07 Å². The van der Waals surface area contributed by atoms with Crippen LogP contribution in [-0.2, 0) is 9.59 Å². The average molecular weight is 329 g/mol. The third kappa shape index (κ3) is 3.93. The predicted molar refractivity (Wildman–Crippen MR) is 84.2 cm³/mol. The lowest BCUT2D eigenvalue weighted by molar-refractivity contribution is -0.120. The van der Waals surface area contributed by atoms with E-state index in [-0.39, 0.29) is 0 Å². The molecule has 2 rings (SSSR count). The van der Waals surface area contributed by atoms with Crippen LogP contribution in [0.25, 0.3) is 0 Å². The van der Waals surface area contributed by atoms with Crippen LogP contribution >= 0.6 is 0 Å². The molecule has 0 saturated heterocycles. The summed E-state index contributed by atoms with van der Waals surface area (Å²) in [6, 6.07) is 11.2. The predicted octanol–water partition coefficient (Wildman–Crippen LogP) is 2.83. The van der Waals surface area contributed by atoms with Crippen molar-refractivity contribution in [2.45, 2.75) is 6.92 Å². The number of carbonyl (C=O) groups excluding carboxylic acids is 2. The van der Waals surface area contributed by atoms with Crippen LogP contribution < -0.4 is 10.2 Å². The zero-order valence-corrected chi connectivity index (χ0v) is 12.7. The number of hydrogen-bond donors (Lipinski definition) is 1. The summed E-state index contributed by atoms with van der Waals surface area (Å²) in [6.07, 6.45) is 0. The van der Waals surface area contributed by atoms with E-state index >= 15 is 0 Å². The highest BCUT2D eigenvalue weighted by Crippen LogP contribution is 2.19. The summed E-state index contributed by atoms with van der Waals surface area (Å²) >= 11 is 0. The second kappa shape index (κ2) is 7.33. The van der Waals surface area contributed by atoms with Gasteiger partial charge in [-0.3, -0.25) is 9.59 Å². The molecular formula is C17H13F2N3O2. The van der Waals surface area contributed by atoms with E-state index in [1.54, 1.807) is 0 Å². The van der Waals surface area contributed by atoms with Gasteiger partial charge < -0.3 is 10.2 Å². The summed E-state index contributed by atoms with van der Waals surface area (Å²) in [5.74, 6) is -2.99. The summed E-state index contributed by atoms with van der Waals surface area (Å²) in [5.41, 5.74) is 0.233. The van der Waals surface area contributed by atoms with Gasteiger partial charge in [0.15, 0.2) is 0 Å². The summed E-state index contributed by atoms with van der Waals surface area (Å²) in [5, 5.41) is 10.9. The van der Waals surface area contributed by atoms with Crippen LogP contribution in [-0.4, -0.2) is 18.4 Å². The van der Waals surface area contributed by atoms with Crippen molar-refractivity contribution in [2.75, 3.05) is 16.8 Å². The third-order valence-corrected chi connectivity index (χ3v) is 3.22. The van der Waals surface area contributed by atoms with Crippen LogP contribution in [0.15, 0.2) is 42.5 Å². The van der Waals surface area contributed by atoms with Gasteiger partial charge in [-0.25, -0.2) is 8.78 Å². The maximum absolute atomic E-state index is 13.5. The molecule has 7 heteroatoms. The molecule has 0 radical (unpaired) electrons. The topological polar surface area (TPSA) is 73.2 Å². The van der Waals surface area contributed by atoms with Crippen LogP contribution in [0, 0.1) is 23.0 Å². The number of nitriles is 1. The minimum atomic E-state index is -0.906. The number of amides is 2. The lowest BCUT2D eigenvalue weighted by atomic mass is 10.2. The quantitative estimate of drug-likeness (QED) is 0.937. The number of carbonyl (C=O) groups is 2. The number of anilines is 2. The highest BCUT2D eigenvalue weighted by atomic mass is 19.1. The minimum absolute atomic E-state index is 0.394. The van der Waals surface area contributed by atoms with Crippen LogP contribution in [0.2, 0.25) is 0 Å². The summed E-state index contributed by atoms with van der Waals surface area (Å²) in [7, 11) is 0. The Hall–Kier alpha value is -3.27. The fourth-order valence-electron chi connectivity index (χ4n) is 2.04. The largest absolute Gasteiger partial charge is 0.320 e. The lowest BCUT2D eigenvalue weighted by Gasteiger charge is -2.21. The van der Waals surface area contributed by atoms with Crippen LogP contribution in [0.3, 0.4) is 0 Å². The smallest absolute Gasteiger partial charge is 0.244 e. The van der Waals surface area contributed by atoms with Crippen molar-refractivity contribution >= 4 is 23.2 Å². The number of rotatable bonds is 4. The summed E-state index contributed by atoms with van der Waals surface area (Å²) < 4.78 is 27.1. The van der Waals surface area contributed by atoms with Crippen molar-refractivity contribution < 1.29 is 18.4 Å². The van der Waals surface area contributed by atoms with Gasteiger partial charge in [-0.05, 0) is 36.4 Å². The maximum Gasteiger partial charge on any atom is 0.244 e. The monoisotopic (exact) mass is 329 g/mol. The first-order valence-corrected chi connectivity index (χ1v) is 6.94. The summed E-state index contributed by atoms with van der Waals surface area (Å²) in [4.78, 5) is 24.9. The van der Waals surface area contributed by atoms with Crippen molar-refractivity contribution in [1.82, 2.24) is 0 Å². The van der Waals surface area contributed by atoms with Gasteiger partial charge in [0.2, 0.25) is 11.8 Å². The van der Waals surface area contributed by atoms with Gasteiger partial charge in [0.05, 0.1) is 11.6 Å². The zero-order valence-electron chi connectivity index (χ0n) is 12.7. The molecule has 0 aliphatic carbocycles. The Kier molecular flexibility index (Phi) is 5.22. The molecule has 0 saturated carbocycles. The molecule has 1 N–H and O–H groups in total. The molecule has 0 atom stereocenters. The van der Waals surface area contributed by atoms with Gasteiger partial charge in [0.25, 0.3) is 0 Å². The normalized spacial score (nSPS) is 9.92. The number of para-hydroxylation sites is 1. The molecule has 0 aliphatic rings. The van der Waals surface area contributed by atoms with Gasteiger partial charge >= 0.3 is 0 Å². The first-order chi connectivity index (χ1) is 11.4. The molecule has 24 heavy (non-hydrogen) atoms. The van der Waals surface area contributed by atoms with E-state index < -0.39 is 35.7 Å². The molecular weight excluding hydrogens is 316 g/mol. The molecule has 0 heterocycles. The Labute approximate surface area is 137 Å². The molecule has 2 amide bonds. The van der Waals surface area contributed by atoms with E-state index in [0.717, 1.165) is 17.0 Å². The fraction of sp³-hybridized carbons (Fsp3) is 0.118. The molecule has 0 unspecified atom stereocenters. The standard InChI is InChI=1S/C17H13F2N3O2/c1-11(23)22(13-7-5-12(9-20)6-8-13)10-16(24)21-17-14(18)3-2-4-15(17)19/h2-8H,10H2,1H3,(H,21,24). The Bertz CT molecular complexity index is 793. The molecule has 0 spiro atoms. The molecule has 0 fully saturated rings. The Morgan fingerprint density at radius 1 is 1.12 bits per heavy atom. The Morgan fingerprint density at radius 2 is 1.71 bits per heavy atom. The van der Waals surface area contributed by atoms with E-state index in [0.29, 0.717) is 11.3 Å². The van der Waals surface area contributed by atoms with Crippen molar-refractivity contribution in [3.63, 3.8) is 0 Å². The number of nitrogens with one attached hydrogen (secondary N) is 1.